The molecule has 2 heterocycles. The van der Waals surface area contributed by atoms with Gasteiger partial charge in [0.15, 0.2) is 0 Å². The van der Waals surface area contributed by atoms with Gasteiger partial charge in [0.1, 0.15) is 5.01 Å². The Morgan fingerprint density at radius 2 is 2.22 bits per heavy atom. The van der Waals surface area contributed by atoms with Crippen molar-refractivity contribution in [2.24, 2.45) is 0 Å². The second-order valence-corrected chi connectivity index (χ2v) is 5.35. The molecule has 0 saturated carbocycles. The number of carboxylic acid groups (broad SMARTS) is 1. The summed E-state index contributed by atoms with van der Waals surface area (Å²) in [5.41, 5.74) is 1.66. The molecule has 4 nitrogen and oxygen atoms in total. The molecule has 0 unspecified atom stereocenters. The van der Waals surface area contributed by atoms with Gasteiger partial charge in [0, 0.05) is 11.1 Å². The first-order valence-corrected chi connectivity index (χ1v) is 6.52. The van der Waals surface area contributed by atoms with Crippen LogP contribution >= 0.6 is 11.3 Å². The number of carbonyl (C=O) groups is 1. The predicted molar refractivity (Wildman–Crippen MR) is 70.8 cm³/mol. The monoisotopic (exact) mass is 262 g/mol. The summed E-state index contributed by atoms with van der Waals surface area (Å²) < 4.78 is 0. The van der Waals surface area contributed by atoms with Crippen LogP contribution in [0.25, 0.3) is 10.7 Å². The molecule has 0 radical (unpaired) electrons. The van der Waals surface area contributed by atoms with Gasteiger partial charge in [-0.1, -0.05) is 19.9 Å². The average Bonchev–Trinajstić information content (AvgIpc) is 2.73. The summed E-state index contributed by atoms with van der Waals surface area (Å²) in [6.07, 6.45) is 1.74. The smallest absolute Gasteiger partial charge is 0.308 e. The van der Waals surface area contributed by atoms with Crippen molar-refractivity contribution in [2.45, 2.75) is 26.2 Å². The van der Waals surface area contributed by atoms with Crippen LogP contribution in [0.3, 0.4) is 0 Å². The second-order valence-electron chi connectivity index (χ2n) is 4.27. The first-order chi connectivity index (χ1) is 8.58. The van der Waals surface area contributed by atoms with Gasteiger partial charge in [0.25, 0.3) is 0 Å². The number of hydrogen-bond acceptors (Lipinski definition) is 4. The number of pyridine rings is 1. The minimum absolute atomic E-state index is 0.0258. The zero-order valence-electron chi connectivity index (χ0n) is 10.3. The number of hydrogen-bond donors (Lipinski definition) is 1. The fraction of sp³-hybridized carbons (Fsp3) is 0.308. The maximum absolute atomic E-state index is 10.9. The summed E-state index contributed by atoms with van der Waals surface area (Å²) >= 11 is 1.41. The molecule has 0 spiro atoms. The van der Waals surface area contributed by atoms with Crippen LogP contribution in [-0.2, 0) is 11.2 Å². The van der Waals surface area contributed by atoms with Gasteiger partial charge in [-0.15, -0.1) is 11.3 Å². The molecule has 0 aliphatic heterocycles. The van der Waals surface area contributed by atoms with E-state index in [0.717, 1.165) is 21.3 Å². The van der Waals surface area contributed by atoms with E-state index in [-0.39, 0.29) is 12.3 Å². The highest BCUT2D eigenvalue weighted by molar-refractivity contribution is 7.15. The van der Waals surface area contributed by atoms with Gasteiger partial charge in [-0.25, -0.2) is 4.98 Å². The molecule has 94 valence electrons. The van der Waals surface area contributed by atoms with Crippen molar-refractivity contribution in [3.05, 3.63) is 35.0 Å². The number of aromatic nitrogens is 2. The maximum atomic E-state index is 10.9. The largest absolute Gasteiger partial charge is 0.481 e. The fourth-order valence-corrected chi connectivity index (χ4v) is 2.86. The molecule has 0 aliphatic rings. The molecular formula is C13H14N2O2S. The highest BCUT2D eigenvalue weighted by Gasteiger charge is 2.17. The van der Waals surface area contributed by atoms with Crippen LogP contribution in [0.2, 0.25) is 0 Å². The summed E-state index contributed by atoms with van der Waals surface area (Å²) in [4.78, 5) is 20.4. The summed E-state index contributed by atoms with van der Waals surface area (Å²) in [7, 11) is 0. The first kappa shape index (κ1) is 12.7. The molecule has 0 aliphatic carbocycles. The molecule has 0 bridgehead atoms. The number of rotatable bonds is 4. The predicted octanol–water partition coefficient (Wildman–Crippen LogP) is 2.96. The molecule has 2 rings (SSSR count). The van der Waals surface area contributed by atoms with Crippen molar-refractivity contribution >= 4 is 17.3 Å². The fourth-order valence-electron chi connectivity index (χ4n) is 1.68. The van der Waals surface area contributed by atoms with Gasteiger partial charge in [-0.3, -0.25) is 9.78 Å². The zero-order valence-corrected chi connectivity index (χ0v) is 11.1. The molecule has 0 amide bonds. The summed E-state index contributed by atoms with van der Waals surface area (Å²) in [6.45, 7) is 4.03. The van der Waals surface area contributed by atoms with E-state index in [1.165, 1.54) is 11.3 Å². The third kappa shape index (κ3) is 2.73. The summed E-state index contributed by atoms with van der Waals surface area (Å²) in [5, 5.41) is 9.70. The van der Waals surface area contributed by atoms with Crippen LogP contribution in [0, 0.1) is 0 Å². The minimum Gasteiger partial charge on any atom is -0.481 e. The lowest BCUT2D eigenvalue weighted by Gasteiger charge is -2.02. The Morgan fingerprint density at radius 1 is 1.44 bits per heavy atom. The SMILES string of the molecule is CC(C)c1nc(-c2ccccn2)sc1CC(=O)O. The van der Waals surface area contributed by atoms with Gasteiger partial charge in [0.05, 0.1) is 17.8 Å². The Labute approximate surface area is 109 Å². The first-order valence-electron chi connectivity index (χ1n) is 5.70. The minimum atomic E-state index is -0.826. The van der Waals surface area contributed by atoms with E-state index in [1.807, 2.05) is 32.0 Å². The molecule has 0 atom stereocenters. The average molecular weight is 262 g/mol. The molecule has 1 N–H and O–H groups in total. The Balaban J connectivity index is 2.42. The lowest BCUT2D eigenvalue weighted by molar-refractivity contribution is -0.136. The normalized spacial score (nSPS) is 10.8. The van der Waals surface area contributed by atoms with Gasteiger partial charge in [0.2, 0.25) is 0 Å². The Bertz CT molecular complexity index is 549. The standard InChI is InChI=1S/C13H14N2O2S/c1-8(2)12-10(7-11(16)17)18-13(15-12)9-5-3-4-6-14-9/h3-6,8H,7H2,1-2H3,(H,16,17). The highest BCUT2D eigenvalue weighted by Crippen LogP contribution is 2.31. The summed E-state index contributed by atoms with van der Waals surface area (Å²) in [6, 6.07) is 5.63. The second kappa shape index (κ2) is 5.27. The molecule has 2 aromatic heterocycles. The number of nitrogens with zero attached hydrogens (tertiary/aromatic N) is 2. The topological polar surface area (TPSA) is 63.1 Å². The molecule has 0 fully saturated rings. The van der Waals surface area contributed by atoms with Crippen LogP contribution < -0.4 is 0 Å². The van der Waals surface area contributed by atoms with E-state index in [4.69, 9.17) is 5.11 Å². The maximum Gasteiger partial charge on any atom is 0.308 e. The number of thiazole rings is 1. The van der Waals surface area contributed by atoms with Crippen molar-refractivity contribution in [3.63, 3.8) is 0 Å². The van der Waals surface area contributed by atoms with Gasteiger partial charge >= 0.3 is 5.97 Å². The molecule has 5 heteroatoms. The van der Waals surface area contributed by atoms with E-state index in [1.54, 1.807) is 6.20 Å². The Hall–Kier alpha value is -1.75. The van der Waals surface area contributed by atoms with Crippen LogP contribution in [0.5, 0.6) is 0 Å². The Kier molecular flexibility index (Phi) is 3.72. The van der Waals surface area contributed by atoms with Crippen LogP contribution in [0.15, 0.2) is 24.4 Å². The molecule has 0 aromatic carbocycles. The highest BCUT2D eigenvalue weighted by atomic mass is 32.1. The Morgan fingerprint density at radius 3 is 2.78 bits per heavy atom. The van der Waals surface area contributed by atoms with Gasteiger partial charge in [-0.2, -0.15) is 0 Å². The number of aliphatic carboxylic acids is 1. The van der Waals surface area contributed by atoms with E-state index < -0.39 is 5.97 Å². The van der Waals surface area contributed by atoms with Crippen LogP contribution in [0.4, 0.5) is 0 Å². The van der Waals surface area contributed by atoms with Crippen molar-refractivity contribution in [2.75, 3.05) is 0 Å². The lowest BCUT2D eigenvalue weighted by Crippen LogP contribution is -2.02. The third-order valence-electron chi connectivity index (χ3n) is 2.47. The third-order valence-corrected chi connectivity index (χ3v) is 3.56. The van der Waals surface area contributed by atoms with Gasteiger partial charge < -0.3 is 5.11 Å². The zero-order chi connectivity index (χ0) is 13.1. The van der Waals surface area contributed by atoms with Crippen molar-refractivity contribution in [1.82, 2.24) is 9.97 Å². The van der Waals surface area contributed by atoms with Crippen molar-refractivity contribution in [3.8, 4) is 10.7 Å². The quantitative estimate of drug-likeness (QED) is 0.920. The van der Waals surface area contributed by atoms with Gasteiger partial charge in [-0.05, 0) is 18.1 Å². The van der Waals surface area contributed by atoms with Crippen LogP contribution in [0.1, 0.15) is 30.3 Å². The molecule has 2 aromatic rings. The van der Waals surface area contributed by atoms with Crippen LogP contribution in [-0.4, -0.2) is 21.0 Å². The molecule has 18 heavy (non-hydrogen) atoms. The number of carboxylic acids is 1. The van der Waals surface area contributed by atoms with E-state index in [0.29, 0.717) is 0 Å². The van der Waals surface area contributed by atoms with Crippen molar-refractivity contribution < 1.29 is 9.90 Å². The lowest BCUT2D eigenvalue weighted by atomic mass is 10.1. The van der Waals surface area contributed by atoms with E-state index in [9.17, 15) is 4.79 Å². The van der Waals surface area contributed by atoms with E-state index >= 15 is 0 Å². The molecular weight excluding hydrogens is 248 g/mol. The van der Waals surface area contributed by atoms with Crippen molar-refractivity contribution in [1.29, 1.82) is 0 Å². The summed E-state index contributed by atoms with van der Waals surface area (Å²) in [5.74, 6) is -0.610. The van der Waals surface area contributed by atoms with E-state index in [2.05, 4.69) is 9.97 Å². The molecule has 0 saturated heterocycles.